The van der Waals surface area contributed by atoms with E-state index >= 15 is 0 Å². The van der Waals surface area contributed by atoms with Crippen LogP contribution in [0.1, 0.15) is 122 Å². The first-order valence-electron chi connectivity index (χ1n) is 23.6. The Morgan fingerprint density at radius 3 is 2.51 bits per heavy atom. The largest absolute Gasteiger partial charge is 0.355 e. The molecule has 4 aliphatic heterocycles. The average molecular weight is 926 g/mol. The van der Waals surface area contributed by atoms with E-state index in [1.807, 2.05) is 48.8 Å². The monoisotopic (exact) mass is 925 g/mol. The molecular weight excluding hydrogens is 867 g/mol. The second kappa shape index (κ2) is 20.1. The highest BCUT2D eigenvalue weighted by Gasteiger charge is 2.43. The number of amides is 5. The van der Waals surface area contributed by atoms with Crippen LogP contribution in [0.5, 0.6) is 0 Å². The molecule has 1 unspecified atom stereocenters. The summed E-state index contributed by atoms with van der Waals surface area (Å²) in [7, 11) is 0. The molecular formula is C50H59N11O5S. The Morgan fingerprint density at radius 1 is 0.925 bits per heavy atom. The molecule has 4 aromatic rings. The minimum Gasteiger partial charge on any atom is -0.355 e. The number of imide groups is 1. The zero-order valence-electron chi connectivity index (χ0n) is 38.1. The number of nitrogens with one attached hydrogen (secondary N) is 3. The van der Waals surface area contributed by atoms with Gasteiger partial charge in [0.2, 0.25) is 17.7 Å². The van der Waals surface area contributed by atoms with Crippen LogP contribution in [0, 0.1) is 5.41 Å². The molecule has 1 spiro atoms. The fourth-order valence-electron chi connectivity index (χ4n) is 9.89. The maximum atomic E-state index is 13.0. The number of fused-ring (bicyclic) bond motifs is 1. The Labute approximate surface area is 395 Å². The van der Waals surface area contributed by atoms with Crippen LogP contribution in [0.15, 0.2) is 83.0 Å². The van der Waals surface area contributed by atoms with E-state index in [0.717, 1.165) is 129 Å². The summed E-state index contributed by atoms with van der Waals surface area (Å²) in [6.07, 6.45) is 16.0. The highest BCUT2D eigenvalue weighted by molar-refractivity contribution is 7.99. The van der Waals surface area contributed by atoms with Gasteiger partial charge < -0.3 is 31.1 Å². The third-order valence-corrected chi connectivity index (χ3v) is 14.8. The fourth-order valence-corrected chi connectivity index (χ4v) is 10.7. The van der Waals surface area contributed by atoms with Crippen LogP contribution >= 0.6 is 11.8 Å². The Balaban J connectivity index is 0.637. The van der Waals surface area contributed by atoms with Crippen molar-refractivity contribution in [2.24, 2.45) is 11.1 Å². The first-order valence-corrected chi connectivity index (χ1v) is 24.4. The molecule has 5 amide bonds. The summed E-state index contributed by atoms with van der Waals surface area (Å²) in [5.74, 6) is -0.419. The number of carbonyl (C=O) groups excluding carboxylic acids is 5. The lowest BCUT2D eigenvalue weighted by Crippen LogP contribution is -2.56. The van der Waals surface area contributed by atoms with E-state index < -0.39 is 11.9 Å². The van der Waals surface area contributed by atoms with E-state index in [1.54, 1.807) is 18.2 Å². The summed E-state index contributed by atoms with van der Waals surface area (Å²) in [6.45, 7) is 7.67. The zero-order valence-corrected chi connectivity index (χ0v) is 38.9. The maximum absolute atomic E-state index is 13.0. The first kappa shape index (κ1) is 46.1. The van der Waals surface area contributed by atoms with Gasteiger partial charge in [-0.25, -0.2) is 9.97 Å². The lowest BCUT2D eigenvalue weighted by molar-refractivity contribution is -0.137. The number of benzene rings is 2. The molecule has 2 aromatic heterocycles. The number of carbonyl (C=O) groups is 5. The Kier molecular flexibility index (Phi) is 13.8. The standard InChI is InChI=1S/C50H59N11O5S/c1-49(51)20-23-60(24-21-49)42-28-53-45(29-52-42)67-37-8-6-7-36(26-37)55-43(62)9-4-2-3-5-22-59-31-50(32-59)18-16-34(17-19-50)39-12-13-40(58-57-39)46(64)54-27-33-10-11-38-35(25-33)30-61(48(38)66)41-14-15-44(63)56-47(41)65/h6-8,10-13,16,25-26,28-29,41H,2-5,9,14-15,17-24,27,30-32,51H2,1H3,(H,54,64)(H,55,62)(H,56,63,65). The summed E-state index contributed by atoms with van der Waals surface area (Å²) >= 11 is 1.53. The molecule has 9 rings (SSSR count). The molecule has 5 N–H and O–H groups in total. The summed E-state index contributed by atoms with van der Waals surface area (Å²) in [5, 5.41) is 17.8. The van der Waals surface area contributed by atoms with E-state index in [1.165, 1.54) is 22.2 Å². The van der Waals surface area contributed by atoms with Gasteiger partial charge in [0.25, 0.3) is 11.8 Å². The molecule has 1 atom stereocenters. The van der Waals surface area contributed by atoms with Crippen LogP contribution in [0.4, 0.5) is 11.5 Å². The van der Waals surface area contributed by atoms with Gasteiger partial charge in [-0.05, 0) is 123 Å². The summed E-state index contributed by atoms with van der Waals surface area (Å²) in [4.78, 5) is 79.3. The summed E-state index contributed by atoms with van der Waals surface area (Å²) in [6, 6.07) is 16.2. The molecule has 3 saturated heterocycles. The molecule has 2 aromatic carbocycles. The normalized spacial score (nSPS) is 19.9. The lowest BCUT2D eigenvalue weighted by Gasteiger charge is -2.52. The van der Waals surface area contributed by atoms with E-state index in [-0.39, 0.29) is 54.4 Å². The summed E-state index contributed by atoms with van der Waals surface area (Å²) in [5.41, 5.74) is 11.6. The van der Waals surface area contributed by atoms with Crippen molar-refractivity contribution in [3.8, 4) is 0 Å². The van der Waals surface area contributed by atoms with Gasteiger partial charge in [0.05, 0.1) is 18.1 Å². The molecule has 0 bridgehead atoms. The number of hydrogen-bond donors (Lipinski definition) is 4. The predicted octanol–water partition coefficient (Wildman–Crippen LogP) is 5.88. The molecule has 0 radical (unpaired) electrons. The van der Waals surface area contributed by atoms with E-state index in [2.05, 4.69) is 58.9 Å². The summed E-state index contributed by atoms with van der Waals surface area (Å²) < 4.78 is 0. The fraction of sp³-hybridized carbons (Fsp3) is 0.460. The molecule has 16 nitrogen and oxygen atoms in total. The minimum absolute atomic E-state index is 0.0377. The molecule has 1 aliphatic carbocycles. The van der Waals surface area contributed by atoms with Gasteiger partial charge in [0, 0.05) is 73.8 Å². The topological polar surface area (TPSA) is 209 Å². The average Bonchev–Trinajstić information content (AvgIpc) is 3.63. The van der Waals surface area contributed by atoms with Crippen LogP contribution in [0.3, 0.4) is 0 Å². The lowest BCUT2D eigenvalue weighted by atomic mass is 9.69. The quantitative estimate of drug-likeness (QED) is 0.0765. The maximum Gasteiger partial charge on any atom is 0.272 e. The first-order chi connectivity index (χ1) is 32.4. The molecule has 67 heavy (non-hydrogen) atoms. The van der Waals surface area contributed by atoms with Gasteiger partial charge in [-0.2, -0.15) is 5.10 Å². The third-order valence-electron chi connectivity index (χ3n) is 13.9. The van der Waals surface area contributed by atoms with E-state index in [9.17, 15) is 24.0 Å². The number of rotatable bonds is 16. The van der Waals surface area contributed by atoms with Crippen LogP contribution in [0.2, 0.25) is 0 Å². The second-order valence-corrected chi connectivity index (χ2v) is 20.3. The number of likely N-dealkylation sites (tertiary alicyclic amines) is 1. The second-order valence-electron chi connectivity index (χ2n) is 19.2. The van der Waals surface area contributed by atoms with Crippen molar-refractivity contribution in [2.45, 2.75) is 119 Å². The van der Waals surface area contributed by atoms with Crippen molar-refractivity contribution >= 4 is 58.4 Å². The molecule has 17 heteroatoms. The number of nitrogens with zero attached hydrogens (tertiary/aromatic N) is 7. The number of unbranched alkanes of at least 4 members (excludes halogenated alkanes) is 3. The number of hydrogen-bond acceptors (Lipinski definition) is 13. The molecule has 6 heterocycles. The minimum atomic E-state index is -0.673. The van der Waals surface area contributed by atoms with Gasteiger partial charge in [-0.1, -0.05) is 48.9 Å². The Bertz CT molecular complexity index is 2530. The van der Waals surface area contributed by atoms with Crippen LogP contribution in [-0.4, -0.2) is 104 Å². The number of anilines is 2. The van der Waals surface area contributed by atoms with Gasteiger partial charge in [0.15, 0.2) is 5.69 Å². The highest BCUT2D eigenvalue weighted by Crippen LogP contribution is 2.45. The number of aromatic nitrogens is 4. The Hall–Kier alpha value is -6.04. The van der Waals surface area contributed by atoms with Crippen molar-refractivity contribution in [1.82, 2.24) is 40.6 Å². The van der Waals surface area contributed by atoms with Crippen molar-refractivity contribution < 1.29 is 24.0 Å². The molecule has 350 valence electrons. The van der Waals surface area contributed by atoms with Gasteiger partial charge in [-0.3, -0.25) is 29.3 Å². The number of allylic oxidation sites excluding steroid dienone is 2. The Morgan fingerprint density at radius 2 is 1.76 bits per heavy atom. The number of piperidine rings is 2. The molecule has 5 aliphatic rings. The highest BCUT2D eigenvalue weighted by atomic mass is 32.2. The zero-order chi connectivity index (χ0) is 46.5. The smallest absolute Gasteiger partial charge is 0.272 e. The van der Waals surface area contributed by atoms with Crippen LogP contribution in [0.25, 0.3) is 5.57 Å². The van der Waals surface area contributed by atoms with Crippen molar-refractivity contribution in [3.63, 3.8) is 0 Å². The van der Waals surface area contributed by atoms with Crippen molar-refractivity contribution in [3.05, 3.63) is 101 Å². The third kappa shape index (κ3) is 11.2. The van der Waals surface area contributed by atoms with E-state index in [4.69, 9.17) is 5.73 Å². The van der Waals surface area contributed by atoms with Gasteiger partial charge >= 0.3 is 0 Å². The molecule has 3 fully saturated rings. The van der Waals surface area contributed by atoms with Crippen molar-refractivity contribution in [2.75, 3.05) is 42.9 Å². The molecule has 0 saturated carbocycles. The number of nitrogens with two attached hydrogens (primary N) is 1. The SMILES string of the molecule is CC1(N)CCN(c2cnc(Sc3cccc(NC(=O)CCCCCCN4CC5(CC=C(c6ccc(C(=O)NCc7ccc8c(c7)CN(C7CCC(=O)NC7=O)C8=O)nn6)CC5)C4)c3)cn2)CC1. The van der Waals surface area contributed by atoms with Crippen LogP contribution < -0.4 is 26.6 Å². The predicted molar refractivity (Wildman–Crippen MR) is 255 cm³/mol. The van der Waals surface area contributed by atoms with Crippen molar-refractivity contribution in [1.29, 1.82) is 0 Å². The van der Waals surface area contributed by atoms with Gasteiger partial charge in [-0.15, -0.1) is 5.10 Å². The van der Waals surface area contributed by atoms with Crippen LogP contribution in [-0.2, 0) is 27.5 Å². The van der Waals surface area contributed by atoms with Gasteiger partial charge in [0.1, 0.15) is 16.9 Å². The van der Waals surface area contributed by atoms with E-state index in [0.29, 0.717) is 23.8 Å².